The van der Waals surface area contributed by atoms with Crippen LogP contribution in [0.25, 0.3) is 21.9 Å². The number of hydrogen-bond acceptors (Lipinski definition) is 6. The van der Waals surface area contributed by atoms with Gasteiger partial charge in [0.1, 0.15) is 28.4 Å². The van der Waals surface area contributed by atoms with E-state index in [4.69, 9.17) is 37.4 Å². The maximum Gasteiger partial charge on any atom is 0.163 e. The number of benzene rings is 1. The molecule has 5 heterocycles. The Morgan fingerprint density at radius 2 is 1.92 bits per heavy atom. The van der Waals surface area contributed by atoms with Crippen molar-refractivity contribution in [3.05, 3.63) is 63.2 Å². The Labute approximate surface area is 226 Å². The van der Waals surface area contributed by atoms with Gasteiger partial charge in [-0.1, -0.05) is 35.3 Å². The molecular formula is C26H23BrCl2N4O3. The van der Waals surface area contributed by atoms with Crippen LogP contribution in [0, 0.1) is 5.41 Å². The molecule has 2 saturated heterocycles. The van der Waals surface area contributed by atoms with Gasteiger partial charge in [0.15, 0.2) is 5.79 Å². The van der Waals surface area contributed by atoms with E-state index in [1.54, 1.807) is 0 Å². The van der Waals surface area contributed by atoms with Gasteiger partial charge >= 0.3 is 0 Å². The summed E-state index contributed by atoms with van der Waals surface area (Å²) in [7, 11) is 0. The van der Waals surface area contributed by atoms with Crippen LogP contribution in [0.1, 0.15) is 44.4 Å². The molecule has 5 atom stereocenters. The highest BCUT2D eigenvalue weighted by Crippen LogP contribution is 2.60. The average Bonchev–Trinajstić information content (AvgIpc) is 3.58. The monoisotopic (exact) mass is 588 g/mol. The predicted molar refractivity (Wildman–Crippen MR) is 140 cm³/mol. The second-order valence-corrected chi connectivity index (χ2v) is 12.1. The molecule has 7 rings (SSSR count). The molecule has 3 aliphatic rings. The van der Waals surface area contributed by atoms with Crippen LogP contribution in [0.15, 0.2) is 47.3 Å². The van der Waals surface area contributed by atoms with Crippen LogP contribution in [0.4, 0.5) is 0 Å². The highest BCUT2D eigenvalue weighted by Gasteiger charge is 2.64. The van der Waals surface area contributed by atoms with Crippen molar-refractivity contribution in [2.75, 3.05) is 6.61 Å². The minimum atomic E-state index is -0.675. The molecule has 0 bridgehead atoms. The van der Waals surface area contributed by atoms with Crippen molar-refractivity contribution in [1.29, 1.82) is 0 Å². The van der Waals surface area contributed by atoms with Gasteiger partial charge in [0.2, 0.25) is 0 Å². The summed E-state index contributed by atoms with van der Waals surface area (Å²) in [5.41, 5.74) is 2.56. The fourth-order valence-corrected chi connectivity index (χ4v) is 6.97. The number of pyridine rings is 1. The van der Waals surface area contributed by atoms with E-state index >= 15 is 0 Å². The standard InChI is InChI=1S/C26H23BrCl2N4O3/c1-25(2)35-20-18(33-6-5-15-22(28)30-12-31-24(15)33)9-26(21(20)36-25)10-19(34-11-26)14-4-3-13-7-16(27)23(29)32-17(13)8-14/h3-8,12,18-21H,9-11H2,1-2H3/t18-,19?,20+,21+,26-/m1/s1. The van der Waals surface area contributed by atoms with E-state index in [2.05, 4.69) is 53.6 Å². The molecule has 3 aromatic heterocycles. The largest absolute Gasteiger partial charge is 0.373 e. The number of hydrogen-bond donors (Lipinski definition) is 0. The van der Waals surface area contributed by atoms with E-state index in [9.17, 15) is 0 Å². The molecule has 1 aromatic carbocycles. The molecule has 1 spiro atoms. The van der Waals surface area contributed by atoms with E-state index in [0.29, 0.717) is 16.9 Å². The van der Waals surface area contributed by atoms with Crippen LogP contribution in [-0.2, 0) is 14.2 Å². The van der Waals surface area contributed by atoms with Gasteiger partial charge in [0, 0.05) is 17.0 Å². The predicted octanol–water partition coefficient (Wildman–Crippen LogP) is 6.66. The van der Waals surface area contributed by atoms with Crippen molar-refractivity contribution in [3.8, 4) is 0 Å². The third-order valence-electron chi connectivity index (χ3n) is 7.83. The van der Waals surface area contributed by atoms with Crippen LogP contribution in [0.2, 0.25) is 10.3 Å². The zero-order valence-corrected chi connectivity index (χ0v) is 22.7. The number of nitrogens with zero attached hydrogens (tertiary/aromatic N) is 4. The Hall–Kier alpha value is -1.81. The number of rotatable bonds is 2. The minimum Gasteiger partial charge on any atom is -0.373 e. The second-order valence-electron chi connectivity index (χ2n) is 10.5. The Kier molecular flexibility index (Phi) is 5.24. The lowest BCUT2D eigenvalue weighted by atomic mass is 9.80. The molecule has 2 aliphatic heterocycles. The van der Waals surface area contributed by atoms with Gasteiger partial charge < -0.3 is 18.8 Å². The summed E-state index contributed by atoms with van der Waals surface area (Å²) in [5.74, 6) is -0.675. The molecule has 10 heteroatoms. The Morgan fingerprint density at radius 1 is 1.06 bits per heavy atom. The lowest BCUT2D eigenvalue weighted by Gasteiger charge is -2.30. The van der Waals surface area contributed by atoms with Crippen molar-refractivity contribution in [2.45, 2.75) is 56.8 Å². The molecule has 3 fully saturated rings. The average molecular weight is 590 g/mol. The SMILES string of the molecule is CC1(C)O[C@H]2[C@H](n3ccc4c(Cl)ncnc43)C[C@@]3(COC(c4ccc5cc(Br)c(Cl)nc5c4)C3)[C@H]2O1. The number of ether oxygens (including phenoxy) is 3. The Balaban J connectivity index is 1.24. The normalized spacial score (nSPS) is 31.1. The summed E-state index contributed by atoms with van der Waals surface area (Å²) < 4.78 is 22.5. The van der Waals surface area contributed by atoms with Crippen molar-refractivity contribution in [2.24, 2.45) is 5.41 Å². The highest BCUT2D eigenvalue weighted by molar-refractivity contribution is 9.10. The fourth-order valence-electron chi connectivity index (χ4n) is 6.30. The Morgan fingerprint density at radius 3 is 2.78 bits per heavy atom. The smallest absolute Gasteiger partial charge is 0.163 e. The topological polar surface area (TPSA) is 71.3 Å². The lowest BCUT2D eigenvalue weighted by Crippen LogP contribution is -2.36. The van der Waals surface area contributed by atoms with Crippen LogP contribution >= 0.6 is 39.1 Å². The molecule has 0 radical (unpaired) electrons. The molecule has 36 heavy (non-hydrogen) atoms. The summed E-state index contributed by atoms with van der Waals surface area (Å²) in [5, 5.41) is 2.77. The Bertz CT molecular complexity index is 1530. The summed E-state index contributed by atoms with van der Waals surface area (Å²) in [6.07, 6.45) is 4.93. The first-order valence-electron chi connectivity index (χ1n) is 11.9. The number of fused-ring (bicyclic) bond motifs is 4. The molecule has 0 amide bonds. The molecule has 1 aliphatic carbocycles. The summed E-state index contributed by atoms with van der Waals surface area (Å²) in [6.45, 7) is 4.55. The number of aromatic nitrogens is 4. The molecule has 186 valence electrons. The summed E-state index contributed by atoms with van der Waals surface area (Å²) in [4.78, 5) is 13.2. The van der Waals surface area contributed by atoms with Crippen molar-refractivity contribution in [1.82, 2.24) is 19.5 Å². The van der Waals surface area contributed by atoms with E-state index in [1.165, 1.54) is 6.33 Å². The van der Waals surface area contributed by atoms with Crippen LogP contribution < -0.4 is 0 Å². The van der Waals surface area contributed by atoms with E-state index in [-0.39, 0.29) is 29.8 Å². The van der Waals surface area contributed by atoms with Gasteiger partial charge in [-0.05, 0) is 66.4 Å². The van der Waals surface area contributed by atoms with Crippen LogP contribution in [-0.4, -0.2) is 44.1 Å². The summed E-state index contributed by atoms with van der Waals surface area (Å²) >= 11 is 16.1. The molecule has 4 aromatic rings. The maximum atomic E-state index is 6.55. The highest BCUT2D eigenvalue weighted by atomic mass is 79.9. The van der Waals surface area contributed by atoms with Crippen LogP contribution in [0.5, 0.6) is 0 Å². The zero-order valence-electron chi connectivity index (χ0n) is 19.6. The van der Waals surface area contributed by atoms with Gasteiger partial charge in [-0.2, -0.15) is 0 Å². The molecule has 7 nitrogen and oxygen atoms in total. The lowest BCUT2D eigenvalue weighted by molar-refractivity contribution is -0.169. The number of halogens is 3. The third-order valence-corrected chi connectivity index (χ3v) is 9.26. The van der Waals surface area contributed by atoms with Gasteiger partial charge in [-0.3, -0.25) is 0 Å². The van der Waals surface area contributed by atoms with Gasteiger partial charge in [0.25, 0.3) is 0 Å². The van der Waals surface area contributed by atoms with E-state index in [1.807, 2.05) is 32.2 Å². The van der Waals surface area contributed by atoms with Gasteiger partial charge in [0.05, 0.1) is 40.2 Å². The molecule has 1 unspecified atom stereocenters. The zero-order chi connectivity index (χ0) is 24.8. The maximum absolute atomic E-state index is 6.55. The van der Waals surface area contributed by atoms with Crippen LogP contribution in [0.3, 0.4) is 0 Å². The molecule has 1 saturated carbocycles. The first kappa shape index (κ1) is 23.3. The van der Waals surface area contributed by atoms with E-state index < -0.39 is 5.79 Å². The second kappa shape index (κ2) is 8.09. The molecular weight excluding hydrogens is 567 g/mol. The molecule has 0 N–H and O–H groups in total. The van der Waals surface area contributed by atoms with Gasteiger partial charge in [-0.25, -0.2) is 15.0 Å². The minimum absolute atomic E-state index is 0.0389. The van der Waals surface area contributed by atoms with Crippen molar-refractivity contribution < 1.29 is 14.2 Å². The fraction of sp³-hybridized carbons (Fsp3) is 0.423. The first-order chi connectivity index (χ1) is 17.2. The first-order valence-corrected chi connectivity index (χ1v) is 13.5. The summed E-state index contributed by atoms with van der Waals surface area (Å²) in [6, 6.07) is 10.3. The third kappa shape index (κ3) is 3.53. The van der Waals surface area contributed by atoms with Crippen molar-refractivity contribution >= 4 is 61.1 Å². The quantitative estimate of drug-likeness (QED) is 0.192. The van der Waals surface area contributed by atoms with E-state index in [0.717, 1.165) is 44.8 Å². The van der Waals surface area contributed by atoms with Crippen molar-refractivity contribution in [3.63, 3.8) is 0 Å². The van der Waals surface area contributed by atoms with Gasteiger partial charge in [-0.15, -0.1) is 0 Å².